The van der Waals surface area contributed by atoms with Gasteiger partial charge in [0.05, 0.1) is 6.42 Å². The molecule has 0 aromatic heterocycles. The number of halogens is 1. The van der Waals surface area contributed by atoms with Crippen molar-refractivity contribution in [1.29, 1.82) is 0 Å². The van der Waals surface area contributed by atoms with Crippen molar-refractivity contribution in [2.24, 2.45) is 11.8 Å². The summed E-state index contributed by atoms with van der Waals surface area (Å²) in [5.41, 5.74) is 5.48. The van der Waals surface area contributed by atoms with E-state index in [4.69, 9.17) is 0 Å². The van der Waals surface area contributed by atoms with Gasteiger partial charge in [-0.2, -0.15) is 0 Å². The molecule has 27 heavy (non-hydrogen) atoms. The van der Waals surface area contributed by atoms with Crippen molar-refractivity contribution in [3.63, 3.8) is 0 Å². The number of nitrogens with zero attached hydrogens (tertiary/aromatic N) is 2. The molecule has 2 aromatic rings. The van der Waals surface area contributed by atoms with E-state index in [2.05, 4.69) is 17.0 Å². The van der Waals surface area contributed by atoms with Crippen LogP contribution in [0.15, 0.2) is 36.4 Å². The van der Waals surface area contributed by atoms with Crippen molar-refractivity contribution >= 4 is 17.3 Å². The molecule has 0 N–H and O–H groups in total. The van der Waals surface area contributed by atoms with Crippen molar-refractivity contribution in [3.05, 3.63) is 47.8 Å². The van der Waals surface area contributed by atoms with Gasteiger partial charge in [-0.05, 0) is 67.0 Å². The highest BCUT2D eigenvalue weighted by Gasteiger charge is 2.37. The number of carbonyl (C=O) groups excluding carboxylic acids is 1. The van der Waals surface area contributed by atoms with Gasteiger partial charge < -0.3 is 9.80 Å². The number of benzene rings is 2. The molecule has 3 nitrogen and oxygen atoms in total. The standard InChI is InChI=1S/C23H25FN2O/c1-2-26-21-12-20(15-6-8-19(24)9-7-15)22(10-18(21)11-23(26)27)25-13-16-4-3-5-17(16)14-25/h6-10,12,16-17H,2-5,11,13-14H2,1H3/t16-,17-/m1/s1. The van der Waals surface area contributed by atoms with Crippen molar-refractivity contribution in [2.75, 3.05) is 29.4 Å². The molecule has 3 aliphatic rings. The van der Waals surface area contributed by atoms with Gasteiger partial charge in [-0.3, -0.25) is 4.79 Å². The average Bonchev–Trinajstić information content (AvgIpc) is 3.33. The van der Waals surface area contributed by atoms with Gasteiger partial charge in [-0.15, -0.1) is 0 Å². The van der Waals surface area contributed by atoms with Crippen molar-refractivity contribution < 1.29 is 9.18 Å². The largest absolute Gasteiger partial charge is 0.370 e. The van der Waals surface area contributed by atoms with Crippen LogP contribution in [0.3, 0.4) is 0 Å². The lowest BCUT2D eigenvalue weighted by atomic mass is 9.98. The first-order chi connectivity index (χ1) is 13.1. The highest BCUT2D eigenvalue weighted by Crippen LogP contribution is 2.45. The first kappa shape index (κ1) is 16.8. The zero-order valence-electron chi connectivity index (χ0n) is 15.7. The minimum Gasteiger partial charge on any atom is -0.370 e. The molecular formula is C23H25FN2O. The second-order valence-electron chi connectivity index (χ2n) is 8.18. The Morgan fingerprint density at radius 3 is 2.41 bits per heavy atom. The maximum Gasteiger partial charge on any atom is 0.231 e. The van der Waals surface area contributed by atoms with Gasteiger partial charge in [0, 0.05) is 36.6 Å². The molecule has 1 saturated heterocycles. The van der Waals surface area contributed by atoms with Crippen LogP contribution < -0.4 is 9.80 Å². The molecule has 2 aliphatic heterocycles. The van der Waals surface area contributed by atoms with E-state index in [0.29, 0.717) is 13.0 Å². The monoisotopic (exact) mass is 364 g/mol. The molecule has 0 unspecified atom stereocenters. The van der Waals surface area contributed by atoms with Gasteiger partial charge in [0.15, 0.2) is 0 Å². The van der Waals surface area contributed by atoms with Crippen LogP contribution in [0.2, 0.25) is 0 Å². The van der Waals surface area contributed by atoms with Crippen LogP contribution in [-0.4, -0.2) is 25.5 Å². The highest BCUT2D eigenvalue weighted by atomic mass is 19.1. The Bertz CT molecular complexity index is 880. The third-order valence-corrected chi connectivity index (χ3v) is 6.67. The van der Waals surface area contributed by atoms with E-state index in [9.17, 15) is 9.18 Å². The first-order valence-electron chi connectivity index (χ1n) is 10.1. The fraction of sp³-hybridized carbons (Fsp3) is 0.435. The number of fused-ring (bicyclic) bond motifs is 2. The third kappa shape index (κ3) is 2.73. The summed E-state index contributed by atoms with van der Waals surface area (Å²) in [5, 5.41) is 0. The zero-order chi connectivity index (χ0) is 18.5. The molecule has 0 radical (unpaired) electrons. The quantitative estimate of drug-likeness (QED) is 0.792. The summed E-state index contributed by atoms with van der Waals surface area (Å²) >= 11 is 0. The summed E-state index contributed by atoms with van der Waals surface area (Å²) < 4.78 is 13.5. The topological polar surface area (TPSA) is 23.6 Å². The fourth-order valence-electron chi connectivity index (χ4n) is 5.31. The van der Waals surface area contributed by atoms with Gasteiger partial charge in [-0.25, -0.2) is 4.39 Å². The van der Waals surface area contributed by atoms with Crippen LogP contribution in [0.5, 0.6) is 0 Å². The second-order valence-corrected chi connectivity index (χ2v) is 8.18. The Kier molecular flexibility index (Phi) is 3.96. The Balaban J connectivity index is 1.62. The third-order valence-electron chi connectivity index (χ3n) is 6.67. The summed E-state index contributed by atoms with van der Waals surface area (Å²) in [6, 6.07) is 11.1. The van der Waals surface area contributed by atoms with Crippen molar-refractivity contribution in [1.82, 2.24) is 0 Å². The lowest BCUT2D eigenvalue weighted by Crippen LogP contribution is -2.26. The zero-order valence-corrected chi connectivity index (χ0v) is 15.7. The lowest BCUT2D eigenvalue weighted by Gasteiger charge is -2.25. The van der Waals surface area contributed by atoms with Crippen LogP contribution in [0.1, 0.15) is 31.7 Å². The molecule has 1 amide bonds. The average molecular weight is 364 g/mol. The first-order valence-corrected chi connectivity index (χ1v) is 10.1. The molecule has 2 atom stereocenters. The number of anilines is 2. The molecule has 1 saturated carbocycles. The molecule has 2 fully saturated rings. The predicted octanol–water partition coefficient (Wildman–Crippen LogP) is 4.64. The molecule has 2 heterocycles. The Morgan fingerprint density at radius 1 is 1.04 bits per heavy atom. The number of likely N-dealkylation sites (N-methyl/N-ethyl adjacent to an activating group) is 1. The van der Waals surface area contributed by atoms with Crippen molar-refractivity contribution in [2.45, 2.75) is 32.6 Å². The van der Waals surface area contributed by atoms with Crippen LogP contribution in [0.25, 0.3) is 11.1 Å². The van der Waals surface area contributed by atoms with Crippen LogP contribution in [0.4, 0.5) is 15.8 Å². The molecule has 4 heteroatoms. The van der Waals surface area contributed by atoms with E-state index in [1.165, 1.54) is 37.1 Å². The Labute approximate surface area is 159 Å². The second kappa shape index (κ2) is 6.36. The molecule has 5 rings (SSSR count). The summed E-state index contributed by atoms with van der Waals surface area (Å²) in [6.45, 7) is 4.90. The Hall–Kier alpha value is -2.36. The number of rotatable bonds is 3. The predicted molar refractivity (Wildman–Crippen MR) is 107 cm³/mol. The summed E-state index contributed by atoms with van der Waals surface area (Å²) in [6.07, 6.45) is 4.51. The van der Waals surface area contributed by atoms with E-state index in [0.717, 1.165) is 47.3 Å². The Morgan fingerprint density at radius 2 is 1.74 bits per heavy atom. The van der Waals surface area contributed by atoms with E-state index in [1.54, 1.807) is 0 Å². The SMILES string of the molecule is CCN1C(=O)Cc2cc(N3C[C@H]4CCC[C@@H]4C3)c(-c3ccc(F)cc3)cc21. The van der Waals surface area contributed by atoms with Crippen molar-refractivity contribution in [3.8, 4) is 11.1 Å². The molecule has 0 spiro atoms. The van der Waals surface area contributed by atoms with Crippen LogP contribution in [-0.2, 0) is 11.2 Å². The molecule has 140 valence electrons. The minimum atomic E-state index is -0.220. The molecule has 1 aliphatic carbocycles. The number of carbonyl (C=O) groups is 1. The van der Waals surface area contributed by atoms with Crippen LogP contribution >= 0.6 is 0 Å². The van der Waals surface area contributed by atoms with E-state index >= 15 is 0 Å². The summed E-state index contributed by atoms with van der Waals surface area (Å²) in [7, 11) is 0. The van der Waals surface area contributed by atoms with Gasteiger partial charge in [0.1, 0.15) is 5.82 Å². The van der Waals surface area contributed by atoms with E-state index < -0.39 is 0 Å². The minimum absolute atomic E-state index is 0.174. The highest BCUT2D eigenvalue weighted by molar-refractivity contribution is 6.03. The lowest BCUT2D eigenvalue weighted by molar-refractivity contribution is -0.117. The fourth-order valence-corrected chi connectivity index (χ4v) is 5.31. The maximum absolute atomic E-state index is 13.5. The number of hydrogen-bond donors (Lipinski definition) is 0. The van der Waals surface area contributed by atoms with E-state index in [-0.39, 0.29) is 11.7 Å². The van der Waals surface area contributed by atoms with Gasteiger partial charge in [-0.1, -0.05) is 18.6 Å². The van der Waals surface area contributed by atoms with Gasteiger partial charge in [0.25, 0.3) is 0 Å². The summed E-state index contributed by atoms with van der Waals surface area (Å²) in [5.74, 6) is 1.55. The normalized spacial score (nSPS) is 23.9. The summed E-state index contributed by atoms with van der Waals surface area (Å²) in [4.78, 5) is 16.8. The van der Waals surface area contributed by atoms with Gasteiger partial charge in [0.2, 0.25) is 5.91 Å². The maximum atomic E-state index is 13.5. The van der Waals surface area contributed by atoms with E-state index in [1.807, 2.05) is 24.0 Å². The molecule has 0 bridgehead atoms. The molecular weight excluding hydrogens is 339 g/mol. The number of hydrogen-bond acceptors (Lipinski definition) is 2. The van der Waals surface area contributed by atoms with Crippen LogP contribution in [0, 0.1) is 17.7 Å². The smallest absolute Gasteiger partial charge is 0.231 e. The number of amides is 1. The van der Waals surface area contributed by atoms with Gasteiger partial charge >= 0.3 is 0 Å². The molecule has 2 aromatic carbocycles.